The predicted octanol–water partition coefficient (Wildman–Crippen LogP) is 8.26. The van der Waals surface area contributed by atoms with E-state index in [1.807, 2.05) is 78.9 Å². The number of aliphatic imine (C=N–C) groups is 1. The molecule has 6 nitrogen and oxygen atoms in total. The minimum Gasteiger partial charge on any atom is -0.497 e. The van der Waals surface area contributed by atoms with Crippen molar-refractivity contribution in [2.24, 2.45) is 4.99 Å². The first-order valence-electron chi connectivity index (χ1n) is 13.2. The van der Waals surface area contributed by atoms with Crippen LogP contribution in [0.3, 0.4) is 0 Å². The maximum atomic E-state index is 10.3. The molecule has 0 saturated carbocycles. The highest BCUT2D eigenvalue weighted by Gasteiger charge is 2.23. The first-order valence-corrected chi connectivity index (χ1v) is 13.2. The SMILES string of the molecule is COc1ccc(-c2oc(N=Cc3cn(Cc4ccccc4)c4ccccc34)c(C#N)c2-c2ccc(OC)cc2)cc1. The van der Waals surface area contributed by atoms with E-state index in [0.29, 0.717) is 16.9 Å². The largest absolute Gasteiger partial charge is 0.497 e. The number of furan rings is 1. The van der Waals surface area contributed by atoms with Crippen LogP contribution in [-0.4, -0.2) is 25.0 Å². The molecular formula is C35H27N3O3. The van der Waals surface area contributed by atoms with E-state index >= 15 is 0 Å². The molecule has 0 N–H and O–H groups in total. The lowest BCUT2D eigenvalue weighted by molar-refractivity contribution is 0.414. The molecule has 0 radical (unpaired) electrons. The Morgan fingerprint density at radius 3 is 2.10 bits per heavy atom. The Bertz CT molecular complexity index is 1870. The number of nitrogens with zero attached hydrogens (tertiary/aromatic N) is 3. The minimum atomic E-state index is 0.254. The molecule has 200 valence electrons. The van der Waals surface area contributed by atoms with Crippen LogP contribution >= 0.6 is 0 Å². The molecule has 0 bridgehead atoms. The zero-order valence-corrected chi connectivity index (χ0v) is 22.7. The fourth-order valence-corrected chi connectivity index (χ4v) is 5.01. The number of rotatable bonds is 8. The van der Waals surface area contributed by atoms with E-state index in [1.165, 1.54) is 5.56 Å². The molecule has 2 aromatic heterocycles. The van der Waals surface area contributed by atoms with Crippen LogP contribution in [0.15, 0.2) is 119 Å². The highest BCUT2D eigenvalue weighted by Crippen LogP contribution is 2.43. The summed E-state index contributed by atoms with van der Waals surface area (Å²) in [6.07, 6.45) is 3.87. The molecule has 2 heterocycles. The molecule has 0 atom stereocenters. The Morgan fingerprint density at radius 2 is 1.44 bits per heavy atom. The third-order valence-corrected chi connectivity index (χ3v) is 7.07. The molecule has 0 spiro atoms. The van der Waals surface area contributed by atoms with Gasteiger partial charge in [-0.25, -0.2) is 4.99 Å². The van der Waals surface area contributed by atoms with Crippen LogP contribution in [0.2, 0.25) is 0 Å². The minimum absolute atomic E-state index is 0.254. The summed E-state index contributed by atoms with van der Waals surface area (Å²) in [4.78, 5) is 4.74. The van der Waals surface area contributed by atoms with Crippen molar-refractivity contribution in [3.05, 3.63) is 126 Å². The summed E-state index contributed by atoms with van der Waals surface area (Å²) >= 11 is 0. The number of para-hydroxylation sites is 1. The van der Waals surface area contributed by atoms with Gasteiger partial charge in [-0.05, 0) is 53.6 Å². The van der Waals surface area contributed by atoms with Gasteiger partial charge in [-0.3, -0.25) is 0 Å². The molecule has 4 aromatic carbocycles. The number of hydrogen-bond donors (Lipinski definition) is 0. The van der Waals surface area contributed by atoms with Crippen LogP contribution in [0.1, 0.15) is 16.7 Å². The summed E-state index contributed by atoms with van der Waals surface area (Å²) in [7, 11) is 3.25. The summed E-state index contributed by atoms with van der Waals surface area (Å²) in [6, 6.07) is 36.1. The Hall–Kier alpha value is -5.54. The van der Waals surface area contributed by atoms with Crippen molar-refractivity contribution in [1.82, 2.24) is 4.57 Å². The van der Waals surface area contributed by atoms with Crippen molar-refractivity contribution in [3.63, 3.8) is 0 Å². The second kappa shape index (κ2) is 11.3. The van der Waals surface area contributed by atoms with E-state index in [9.17, 15) is 5.26 Å². The molecule has 41 heavy (non-hydrogen) atoms. The third kappa shape index (κ3) is 5.09. The Balaban J connectivity index is 1.45. The van der Waals surface area contributed by atoms with Crippen molar-refractivity contribution in [1.29, 1.82) is 5.26 Å². The van der Waals surface area contributed by atoms with Crippen molar-refractivity contribution in [2.45, 2.75) is 6.54 Å². The van der Waals surface area contributed by atoms with Gasteiger partial charge in [0.05, 0.1) is 14.2 Å². The number of hydrogen-bond acceptors (Lipinski definition) is 5. The van der Waals surface area contributed by atoms with Crippen LogP contribution in [-0.2, 0) is 6.54 Å². The van der Waals surface area contributed by atoms with Crippen molar-refractivity contribution < 1.29 is 13.9 Å². The van der Waals surface area contributed by atoms with Gasteiger partial charge in [-0.2, -0.15) is 5.26 Å². The topological polar surface area (TPSA) is 72.7 Å². The lowest BCUT2D eigenvalue weighted by Crippen LogP contribution is -1.97. The van der Waals surface area contributed by atoms with E-state index in [-0.39, 0.29) is 5.88 Å². The van der Waals surface area contributed by atoms with Gasteiger partial charge in [-0.15, -0.1) is 0 Å². The number of aromatic nitrogens is 1. The molecule has 0 amide bonds. The number of methoxy groups -OCH3 is 2. The fourth-order valence-electron chi connectivity index (χ4n) is 5.01. The summed E-state index contributed by atoms with van der Waals surface area (Å²) in [6.45, 7) is 0.739. The van der Waals surface area contributed by atoms with Gasteiger partial charge in [-0.1, -0.05) is 60.7 Å². The molecule has 6 rings (SSSR count). The molecule has 0 aliphatic heterocycles. The van der Waals surface area contributed by atoms with E-state index in [0.717, 1.165) is 45.6 Å². The summed E-state index contributed by atoms with van der Waals surface area (Å²) in [5, 5.41) is 11.4. The first-order chi connectivity index (χ1) is 20.2. The smallest absolute Gasteiger partial charge is 0.238 e. The molecule has 0 fully saturated rings. The summed E-state index contributed by atoms with van der Waals surface area (Å²) in [5.41, 5.74) is 5.95. The fraction of sp³-hybridized carbons (Fsp3) is 0.0857. The highest BCUT2D eigenvalue weighted by atomic mass is 16.5. The molecule has 0 saturated heterocycles. The molecular weight excluding hydrogens is 510 g/mol. The third-order valence-electron chi connectivity index (χ3n) is 7.07. The molecule has 6 heteroatoms. The summed E-state index contributed by atoms with van der Waals surface area (Å²) < 4.78 is 19.2. The number of fused-ring (bicyclic) bond motifs is 1. The zero-order chi connectivity index (χ0) is 28.2. The maximum absolute atomic E-state index is 10.3. The molecule has 6 aromatic rings. The van der Waals surface area contributed by atoms with Crippen LogP contribution < -0.4 is 9.47 Å². The Morgan fingerprint density at radius 1 is 0.805 bits per heavy atom. The van der Waals surface area contributed by atoms with Crippen molar-refractivity contribution in [3.8, 4) is 40.0 Å². The number of benzene rings is 4. The predicted molar refractivity (Wildman–Crippen MR) is 162 cm³/mol. The Labute approximate surface area is 238 Å². The lowest BCUT2D eigenvalue weighted by atomic mass is 9.98. The number of ether oxygens (including phenoxy) is 2. The van der Waals surface area contributed by atoms with Gasteiger partial charge in [0.25, 0.3) is 0 Å². The van der Waals surface area contributed by atoms with Crippen LogP contribution in [0.4, 0.5) is 5.88 Å². The number of nitriles is 1. The standard InChI is InChI=1S/C35H27N3O3/c1-39-28-16-12-25(13-17-28)33-31(20-36)35(41-34(33)26-14-18-29(40-2)19-15-26)37-21-27-23-38(22-24-8-4-3-5-9-24)32-11-7-6-10-30(27)32/h3-19,21,23H,22H2,1-2H3. The normalized spacial score (nSPS) is 11.1. The first kappa shape index (κ1) is 25.7. The van der Waals surface area contributed by atoms with Crippen LogP contribution in [0.5, 0.6) is 11.5 Å². The average Bonchev–Trinajstić information content (AvgIpc) is 3.58. The second-order valence-corrected chi connectivity index (χ2v) is 9.53. The van der Waals surface area contributed by atoms with Gasteiger partial charge >= 0.3 is 0 Å². The molecule has 0 aliphatic rings. The second-order valence-electron chi connectivity index (χ2n) is 9.53. The highest BCUT2D eigenvalue weighted by molar-refractivity contribution is 6.00. The van der Waals surface area contributed by atoms with E-state index < -0.39 is 0 Å². The van der Waals surface area contributed by atoms with Crippen molar-refractivity contribution >= 4 is 23.0 Å². The monoisotopic (exact) mass is 537 g/mol. The molecule has 0 unspecified atom stereocenters. The lowest BCUT2D eigenvalue weighted by Gasteiger charge is -2.06. The average molecular weight is 538 g/mol. The maximum Gasteiger partial charge on any atom is 0.238 e. The quantitative estimate of drug-likeness (QED) is 0.183. The van der Waals surface area contributed by atoms with Crippen LogP contribution in [0.25, 0.3) is 33.4 Å². The Kier molecular flexibility index (Phi) is 7.08. The molecule has 0 aliphatic carbocycles. The summed E-state index contributed by atoms with van der Waals surface area (Å²) in [5.74, 6) is 2.28. The van der Waals surface area contributed by atoms with Crippen LogP contribution in [0, 0.1) is 11.3 Å². The van der Waals surface area contributed by atoms with E-state index in [4.69, 9.17) is 18.9 Å². The van der Waals surface area contributed by atoms with Gasteiger partial charge < -0.3 is 18.5 Å². The van der Waals surface area contributed by atoms with Gasteiger partial charge in [0.1, 0.15) is 28.9 Å². The van der Waals surface area contributed by atoms with Gasteiger partial charge in [0.2, 0.25) is 5.88 Å². The van der Waals surface area contributed by atoms with Crippen molar-refractivity contribution in [2.75, 3.05) is 14.2 Å². The van der Waals surface area contributed by atoms with E-state index in [2.05, 4.69) is 41.1 Å². The van der Waals surface area contributed by atoms with E-state index in [1.54, 1.807) is 20.4 Å². The van der Waals surface area contributed by atoms with Gasteiger partial charge in [0.15, 0.2) is 0 Å². The van der Waals surface area contributed by atoms with Gasteiger partial charge in [0, 0.05) is 46.5 Å². The zero-order valence-electron chi connectivity index (χ0n) is 22.7.